The molecular weight excluding hydrogens is 382 g/mol. The second-order valence-electron chi connectivity index (χ2n) is 6.28. The van der Waals surface area contributed by atoms with Crippen LogP contribution in [0.5, 0.6) is 0 Å². The molecule has 2 heterocycles. The molecule has 3 rings (SSSR count). The topological polar surface area (TPSA) is 124 Å². The third kappa shape index (κ3) is 4.71. The maximum absolute atomic E-state index is 12.6. The molecule has 148 valence electrons. The van der Waals surface area contributed by atoms with Crippen LogP contribution in [0.1, 0.15) is 35.2 Å². The molecule has 1 amide bonds. The van der Waals surface area contributed by atoms with Crippen molar-refractivity contribution in [1.82, 2.24) is 14.8 Å². The van der Waals surface area contributed by atoms with Crippen LogP contribution in [0, 0.1) is 0 Å². The molecule has 1 saturated heterocycles. The van der Waals surface area contributed by atoms with Gasteiger partial charge in [-0.15, -0.1) is 0 Å². The van der Waals surface area contributed by atoms with Crippen molar-refractivity contribution in [1.29, 1.82) is 0 Å². The Morgan fingerprint density at radius 1 is 1.18 bits per heavy atom. The van der Waals surface area contributed by atoms with Crippen LogP contribution in [0.25, 0.3) is 0 Å². The van der Waals surface area contributed by atoms with Crippen LogP contribution in [0.4, 0.5) is 5.82 Å². The number of amides is 1. The second-order valence-corrected chi connectivity index (χ2v) is 8.22. The van der Waals surface area contributed by atoms with Gasteiger partial charge in [0.2, 0.25) is 10.0 Å². The van der Waals surface area contributed by atoms with Crippen molar-refractivity contribution in [2.45, 2.75) is 24.2 Å². The number of anilines is 1. The van der Waals surface area contributed by atoms with Crippen LogP contribution in [0.2, 0.25) is 0 Å². The predicted molar refractivity (Wildman–Crippen MR) is 104 cm³/mol. The van der Waals surface area contributed by atoms with Gasteiger partial charge in [0.05, 0.1) is 6.21 Å². The van der Waals surface area contributed by atoms with Crippen LogP contribution in [-0.4, -0.2) is 48.1 Å². The van der Waals surface area contributed by atoms with Gasteiger partial charge in [0.15, 0.2) is 0 Å². The molecule has 2 aromatic rings. The van der Waals surface area contributed by atoms with Crippen LogP contribution in [0.15, 0.2) is 52.6 Å². The number of hydrogen-bond acceptors (Lipinski definition) is 7. The van der Waals surface area contributed by atoms with E-state index in [0.29, 0.717) is 24.5 Å². The van der Waals surface area contributed by atoms with Crippen molar-refractivity contribution in [3.63, 3.8) is 0 Å². The van der Waals surface area contributed by atoms with Gasteiger partial charge in [0.1, 0.15) is 10.7 Å². The van der Waals surface area contributed by atoms with Crippen molar-refractivity contribution >= 4 is 28.0 Å². The fourth-order valence-corrected chi connectivity index (χ4v) is 4.31. The number of aromatic nitrogens is 1. The highest BCUT2D eigenvalue weighted by atomic mass is 32.2. The first-order valence-electron chi connectivity index (χ1n) is 8.80. The minimum Gasteiger partial charge on any atom is -0.288 e. The standard InChI is InChI=1S/C18H21N5O4S/c24-18(22-25)15-6-4-5-14(11-15)12-20-21-17-8-7-16(13-19-17)28(26,27)23-9-2-1-3-10-23/h4-8,11-13,25H,1-3,9-10H2,(H,19,21)(H,22,24)/b20-12+. The minimum absolute atomic E-state index is 0.159. The number of piperidine rings is 1. The number of rotatable bonds is 6. The fraction of sp³-hybridized carbons (Fsp3) is 0.278. The normalized spacial score (nSPS) is 15.5. The summed E-state index contributed by atoms with van der Waals surface area (Å²) < 4.78 is 26.7. The van der Waals surface area contributed by atoms with Gasteiger partial charge in [-0.1, -0.05) is 18.6 Å². The van der Waals surface area contributed by atoms with Gasteiger partial charge in [0.25, 0.3) is 5.91 Å². The van der Waals surface area contributed by atoms with Crippen LogP contribution in [0.3, 0.4) is 0 Å². The van der Waals surface area contributed by atoms with E-state index in [4.69, 9.17) is 5.21 Å². The average molecular weight is 403 g/mol. The third-order valence-corrected chi connectivity index (χ3v) is 6.21. The Labute approximate surface area is 163 Å². The van der Waals surface area contributed by atoms with Gasteiger partial charge in [-0.3, -0.25) is 15.4 Å². The molecule has 1 fully saturated rings. The smallest absolute Gasteiger partial charge is 0.274 e. The summed E-state index contributed by atoms with van der Waals surface area (Å²) >= 11 is 0. The van der Waals surface area contributed by atoms with Crippen molar-refractivity contribution in [3.8, 4) is 0 Å². The summed E-state index contributed by atoms with van der Waals surface area (Å²) in [6, 6.07) is 9.55. The zero-order chi connectivity index (χ0) is 20.0. The summed E-state index contributed by atoms with van der Waals surface area (Å²) in [4.78, 5) is 15.7. The maximum atomic E-state index is 12.6. The monoisotopic (exact) mass is 403 g/mol. The first kappa shape index (κ1) is 19.9. The summed E-state index contributed by atoms with van der Waals surface area (Å²) in [5.41, 5.74) is 5.21. The molecule has 10 heteroatoms. The maximum Gasteiger partial charge on any atom is 0.274 e. The summed E-state index contributed by atoms with van der Waals surface area (Å²) in [5, 5.41) is 12.7. The lowest BCUT2D eigenvalue weighted by atomic mass is 10.1. The van der Waals surface area contributed by atoms with Crippen LogP contribution < -0.4 is 10.9 Å². The van der Waals surface area contributed by atoms with Crippen LogP contribution >= 0.6 is 0 Å². The van der Waals surface area contributed by atoms with Gasteiger partial charge >= 0.3 is 0 Å². The molecule has 0 aliphatic carbocycles. The number of hydrogen-bond donors (Lipinski definition) is 3. The van der Waals surface area contributed by atoms with E-state index in [1.807, 2.05) is 0 Å². The molecular formula is C18H21N5O4S. The van der Waals surface area contributed by atoms with Crippen molar-refractivity contribution in [2.24, 2.45) is 5.10 Å². The van der Waals surface area contributed by atoms with Gasteiger partial charge in [-0.25, -0.2) is 18.9 Å². The average Bonchev–Trinajstić information content (AvgIpc) is 2.74. The lowest BCUT2D eigenvalue weighted by Crippen LogP contribution is -2.35. The minimum atomic E-state index is -3.51. The van der Waals surface area contributed by atoms with E-state index < -0.39 is 15.9 Å². The van der Waals surface area contributed by atoms with E-state index >= 15 is 0 Å². The highest BCUT2D eigenvalue weighted by Gasteiger charge is 2.26. The molecule has 0 radical (unpaired) electrons. The molecule has 28 heavy (non-hydrogen) atoms. The van der Waals surface area contributed by atoms with Crippen molar-refractivity contribution in [2.75, 3.05) is 18.5 Å². The van der Waals surface area contributed by atoms with E-state index in [-0.39, 0.29) is 10.5 Å². The van der Waals surface area contributed by atoms with E-state index in [0.717, 1.165) is 19.3 Å². The number of pyridine rings is 1. The Balaban J connectivity index is 1.64. The van der Waals surface area contributed by atoms with E-state index in [1.54, 1.807) is 35.8 Å². The molecule has 9 nitrogen and oxygen atoms in total. The summed E-state index contributed by atoms with van der Waals surface area (Å²) in [6.45, 7) is 1.08. The Hall–Kier alpha value is -2.82. The molecule has 0 unspecified atom stereocenters. The number of nitrogens with one attached hydrogen (secondary N) is 2. The highest BCUT2D eigenvalue weighted by Crippen LogP contribution is 2.20. The number of nitrogens with zero attached hydrogens (tertiary/aromatic N) is 3. The second kappa shape index (κ2) is 8.91. The van der Waals surface area contributed by atoms with E-state index in [9.17, 15) is 13.2 Å². The van der Waals surface area contributed by atoms with Gasteiger partial charge in [-0.2, -0.15) is 9.41 Å². The Morgan fingerprint density at radius 3 is 2.64 bits per heavy atom. The number of hydroxylamine groups is 1. The third-order valence-electron chi connectivity index (χ3n) is 4.33. The Bertz CT molecular complexity index is 954. The van der Waals surface area contributed by atoms with Gasteiger partial charge in [0, 0.05) is 24.8 Å². The fourth-order valence-electron chi connectivity index (χ4n) is 2.85. The number of carbonyl (C=O) groups excluding carboxylic acids is 1. The molecule has 1 aliphatic rings. The molecule has 0 atom stereocenters. The summed E-state index contributed by atoms with van der Waals surface area (Å²) in [6.07, 6.45) is 5.60. The number of carbonyl (C=O) groups is 1. The summed E-state index contributed by atoms with van der Waals surface area (Å²) in [5.74, 6) is -0.228. The molecule has 1 aromatic heterocycles. The molecule has 0 bridgehead atoms. The van der Waals surface area contributed by atoms with Crippen molar-refractivity contribution < 1.29 is 18.4 Å². The summed E-state index contributed by atoms with van der Waals surface area (Å²) in [7, 11) is -3.51. The Kier molecular flexibility index (Phi) is 6.34. The molecule has 1 aliphatic heterocycles. The molecule has 0 saturated carbocycles. The first-order chi connectivity index (χ1) is 13.5. The first-order valence-corrected chi connectivity index (χ1v) is 10.2. The zero-order valence-corrected chi connectivity index (χ0v) is 15.9. The number of benzene rings is 1. The SMILES string of the molecule is O=C(NO)c1cccc(/C=N/Nc2ccc(S(=O)(=O)N3CCCCC3)cn2)c1. The highest BCUT2D eigenvalue weighted by molar-refractivity contribution is 7.89. The quantitative estimate of drug-likeness (QED) is 0.384. The largest absolute Gasteiger partial charge is 0.288 e. The Morgan fingerprint density at radius 2 is 1.96 bits per heavy atom. The molecule has 3 N–H and O–H groups in total. The van der Waals surface area contributed by atoms with E-state index in [1.165, 1.54) is 22.8 Å². The molecule has 1 aromatic carbocycles. The number of hydrazone groups is 1. The lowest BCUT2D eigenvalue weighted by Gasteiger charge is -2.25. The lowest BCUT2D eigenvalue weighted by molar-refractivity contribution is 0.0706. The van der Waals surface area contributed by atoms with E-state index in [2.05, 4.69) is 15.5 Å². The van der Waals surface area contributed by atoms with Crippen molar-refractivity contribution in [3.05, 3.63) is 53.7 Å². The number of sulfonamides is 1. The predicted octanol–water partition coefficient (Wildman–Crippen LogP) is 1.82. The van der Waals surface area contributed by atoms with Gasteiger partial charge in [-0.05, 0) is 42.7 Å². The van der Waals surface area contributed by atoms with Crippen LogP contribution in [-0.2, 0) is 10.0 Å². The zero-order valence-electron chi connectivity index (χ0n) is 15.1. The van der Waals surface area contributed by atoms with Gasteiger partial charge < -0.3 is 0 Å². The molecule has 0 spiro atoms.